The summed E-state index contributed by atoms with van der Waals surface area (Å²) in [5, 5.41) is 18.8. The van der Waals surface area contributed by atoms with Crippen molar-refractivity contribution in [3.8, 4) is 11.1 Å². The zero-order chi connectivity index (χ0) is 108. The first-order chi connectivity index (χ1) is 67.9. The molecule has 1 saturated heterocycles. The number of rotatable bonds is 15. The molecule has 0 atom stereocenters. The molecule has 17 N–H and O–H groups in total. The summed E-state index contributed by atoms with van der Waals surface area (Å²) < 4.78 is 88.1. The van der Waals surface area contributed by atoms with Gasteiger partial charge in [0.15, 0.2) is 42.9 Å². The van der Waals surface area contributed by atoms with Gasteiger partial charge in [0.2, 0.25) is 61.0 Å². The van der Waals surface area contributed by atoms with Crippen LogP contribution in [0.1, 0.15) is 104 Å². The van der Waals surface area contributed by atoms with E-state index in [0.717, 1.165) is 32.2 Å². The monoisotopic (exact) mass is 2770 g/mol. The molecule has 15 aromatic rings. The van der Waals surface area contributed by atoms with Crippen LogP contribution in [-0.4, -0.2) is 171 Å². The molecule has 149 heavy (non-hydrogen) atoms. The number of hydrazine groups is 1. The van der Waals surface area contributed by atoms with E-state index in [-0.39, 0.29) is 178 Å². The molecule has 0 aromatic carbocycles. The van der Waals surface area contributed by atoms with E-state index in [9.17, 15) is 36.7 Å². The fourth-order valence-electron chi connectivity index (χ4n) is 10.8. The predicted octanol–water partition coefficient (Wildman–Crippen LogP) is 17.9. The van der Waals surface area contributed by atoms with Crippen LogP contribution in [0.5, 0.6) is 0 Å². The Kier molecular flexibility index (Phi) is 58.0. The first-order valence-corrected chi connectivity index (χ1v) is 59.0. The molecule has 16 heterocycles. The second-order valence-corrected chi connectivity index (χ2v) is 47.7. The molecule has 1 fully saturated rings. The van der Waals surface area contributed by atoms with E-state index in [0.29, 0.717) is 62.2 Å². The molecule has 63 heteroatoms. The Hall–Kier alpha value is -9.61. The van der Waals surface area contributed by atoms with Gasteiger partial charge in [0.25, 0.3) is 0 Å². The van der Waals surface area contributed by atoms with Crippen molar-refractivity contribution in [3.63, 3.8) is 0 Å². The number of aromatic nitrogens is 23. The number of carbonyl (C=O) groups is 2. The average Bonchev–Trinajstić information content (AvgIpc) is 1.64. The van der Waals surface area contributed by atoms with Crippen molar-refractivity contribution >= 4 is 293 Å². The number of anilines is 7. The number of carbonyl (C=O) groups excluding carboxylic acids is 1. The van der Waals surface area contributed by atoms with Crippen molar-refractivity contribution in [2.45, 2.75) is 147 Å². The van der Waals surface area contributed by atoms with Gasteiger partial charge in [-0.05, 0) is 224 Å². The smallest absolute Gasteiger partial charge is 0.101 e. The Bertz CT molecular complexity index is 7020. The summed E-state index contributed by atoms with van der Waals surface area (Å²) in [5.74, 6) is -1.20. The maximum atomic E-state index is 13.9. The molecule has 42 nitrogen and oxygen atoms in total. The van der Waals surface area contributed by atoms with E-state index in [2.05, 4.69) is 161 Å². The molecule has 0 aliphatic carbocycles. The van der Waals surface area contributed by atoms with Crippen LogP contribution in [0.2, 0.25) is 80.5 Å². The van der Waals surface area contributed by atoms with Gasteiger partial charge in [0.1, 0.15) is 70.9 Å². The molecule has 15 aromatic heterocycles. The van der Waals surface area contributed by atoms with Crippen LogP contribution in [-0.2, 0) is 87.0 Å². The summed E-state index contributed by atoms with van der Waals surface area (Å²) in [4.78, 5) is 110. The number of fused-ring (bicyclic) bond motifs is 2. The van der Waals surface area contributed by atoms with Gasteiger partial charge in [-0.1, -0.05) is 135 Å². The van der Waals surface area contributed by atoms with Crippen molar-refractivity contribution in [1.29, 1.82) is 0 Å². The Morgan fingerprint density at radius 2 is 0.940 bits per heavy atom. The number of aryl methyl sites for hydroxylation is 2. The van der Waals surface area contributed by atoms with Gasteiger partial charge in [-0.2, -0.15) is 19.0 Å². The molecule has 798 valence electrons. The molecular weight excluding hydrogens is 2670 g/mol. The van der Waals surface area contributed by atoms with E-state index in [1.165, 1.54) is 122 Å². The largest absolute Gasteiger partial charge is 0.581 e. The van der Waals surface area contributed by atoms with E-state index >= 15 is 0 Å². The van der Waals surface area contributed by atoms with Gasteiger partial charge in [-0.3, -0.25) is 54.6 Å². The van der Waals surface area contributed by atoms with Gasteiger partial charge < -0.3 is 77.5 Å². The number of nitrogens with two attached hydrogens (primary N) is 7. The minimum atomic E-state index is -1.43. The van der Waals surface area contributed by atoms with Crippen LogP contribution in [0.25, 0.3) is 22.4 Å². The molecule has 1 amide bonds. The first kappa shape index (κ1) is 135. The molecule has 0 bridgehead atoms. The third-order valence-corrected chi connectivity index (χ3v) is 27.3. The quantitative estimate of drug-likeness (QED) is 0.00666. The Morgan fingerprint density at radius 1 is 0.530 bits per heavy atom. The Balaban J connectivity index is 0.000000571. The molecule has 0 unspecified atom stereocenters. The number of hydrogen-bond acceptors (Lipinski definition) is 36. The molecule has 0 radical (unpaired) electrons. The van der Waals surface area contributed by atoms with Gasteiger partial charge in [-0.25, -0.2) is 67.4 Å². The molecule has 0 spiro atoms. The van der Waals surface area contributed by atoms with Crippen molar-refractivity contribution in [2.75, 3.05) is 39.8 Å². The Labute approximate surface area is 965 Å². The van der Waals surface area contributed by atoms with Crippen molar-refractivity contribution < 1.29 is 67.7 Å². The molecule has 16 rings (SSSR count). The summed E-state index contributed by atoms with van der Waals surface area (Å²) in [6, 6.07) is 18.7. The van der Waals surface area contributed by atoms with Gasteiger partial charge in [-0.15, -0.1) is 10.2 Å². The second kappa shape index (κ2) is 63.8. The fourth-order valence-corrected chi connectivity index (χ4v) is 16.0. The number of halogens is 17. The van der Waals surface area contributed by atoms with Crippen LogP contribution < -0.4 is 67.6 Å². The first-order valence-electron chi connectivity index (χ1n) is 40.9. The molecule has 1 aliphatic rings. The van der Waals surface area contributed by atoms with Crippen molar-refractivity contribution in [3.05, 3.63) is 274 Å². The van der Waals surface area contributed by atoms with E-state index in [4.69, 9.17) is 161 Å². The third-order valence-electron chi connectivity index (χ3n) is 17.6. The molecule has 0 saturated carbocycles. The van der Waals surface area contributed by atoms with Crippen LogP contribution >= 0.6 is 193 Å². The zero-order valence-electron chi connectivity index (χ0n) is 78.4. The van der Waals surface area contributed by atoms with Crippen LogP contribution in [0, 0.1) is 43.9 Å². The number of pyridine rings is 6. The van der Waals surface area contributed by atoms with Crippen LogP contribution in [0.15, 0.2) is 147 Å². The number of nitrogen functional groups attached to an aromatic ring is 6. The minimum absolute atomic E-state index is 0. The van der Waals surface area contributed by atoms with Crippen molar-refractivity contribution in [1.82, 2.24) is 119 Å². The Morgan fingerprint density at radius 3 is 1.36 bits per heavy atom. The summed E-state index contributed by atoms with van der Waals surface area (Å²) in [5.41, 5.74) is 46.3. The predicted molar refractivity (Wildman–Crippen MR) is 611 cm³/mol. The van der Waals surface area contributed by atoms with E-state index in [1.807, 2.05) is 125 Å². The number of nitrogens with one attached hydrogen (secondary N) is 2. The summed E-state index contributed by atoms with van der Waals surface area (Å²) >= 11 is 54.6. The van der Waals surface area contributed by atoms with Gasteiger partial charge in [0.05, 0.1) is 85.2 Å². The normalized spacial score (nSPS) is 11.7. The third kappa shape index (κ3) is 44.2. The number of nitrogens with zero attached hydrogens (tertiary/aromatic N) is 24. The van der Waals surface area contributed by atoms with Gasteiger partial charge in [0, 0.05) is 88.5 Å². The summed E-state index contributed by atoms with van der Waals surface area (Å²) in [6.45, 7) is 23.5. The van der Waals surface area contributed by atoms with Crippen molar-refractivity contribution in [2.24, 2.45) is 24.5 Å². The topological polar surface area (TPSA) is 611 Å². The van der Waals surface area contributed by atoms with Crippen LogP contribution in [0.3, 0.4) is 0 Å². The number of aliphatic carboxylic acids is 1. The van der Waals surface area contributed by atoms with Gasteiger partial charge >= 0.3 is 40.1 Å². The number of carboxylic acid groups (broad SMARTS) is 1. The van der Waals surface area contributed by atoms with E-state index < -0.39 is 58.8 Å². The number of carboxylic acids is 1. The minimum Gasteiger partial charge on any atom is -0.581 e. The molecule has 1 aliphatic heterocycles. The maximum Gasteiger partial charge on any atom is 0.101 e. The summed E-state index contributed by atoms with van der Waals surface area (Å²) in [6.07, 6.45) is 14.0. The maximum absolute atomic E-state index is 13.9. The number of hydrogen-bond donors (Lipinski definition) is 10. The number of oxazole rings is 1. The number of amides is 1. The average molecular weight is 2780 g/mol. The second-order valence-electron chi connectivity index (χ2n) is 31.5. The zero-order valence-corrected chi connectivity index (χ0v) is 98.8. The SMILES string of the molecule is C.C.C.C.CC(=N[Si](C)(C)C)O[Si](C)(C)C.Cn1cc(-c2c(Cl)nc(N)n3nc(Cc4ncccc4F)nc23)ccc1=O.Cn1cc(B2OC(C)(C)C(C)(C)O2)ccc1=O.NCc1nc(N)nc(Cl)c1I.Nc1nc(Cl)c(I)c(Cl)n1.Nc1nc(Cl)c(I)c(NNC(=O)Cc2ncccc2F)n1.Nc1nc(Cl)c(I)c2nc(Cc3ncccc3F)nn12.Nc1nc(Cl)cc(Cl)n1.O=C(O)Cc1ncccc1F.[Cl][Zn+].[c-]1ncco1. The molecular formula is C86H103BCl9F4I4N33O9Si2Zn. The fraction of sp³-hybridized carbons (Fsp3) is 0.279. The summed E-state index contributed by atoms with van der Waals surface area (Å²) in [7, 11) is 4.94. The van der Waals surface area contributed by atoms with Crippen LogP contribution in [0.4, 0.5) is 59.1 Å². The van der Waals surface area contributed by atoms with E-state index in [1.54, 1.807) is 38.6 Å². The standard InChI is InChI=1S/C17H13ClFN7O.C12H18BNO3.C11H9ClFIN6O.C11H7ClFIN6.C8H21NOSi2.C7H6FNO2.C5H6ClIN4.C4H2Cl2IN3.C4H3Cl2N3.C3H2NO.4CH4.ClH.Zn/c1-25-8-9(4-5-13(25)27)14-15(18)23-17(20)26-16(14)22-12(24-26)7-11-10(19)3-2-6-21-11;1-11(2)12(3,4)17-13(16-11)9-6-7-10(15)14(5)8-9;12-9-8(14)10(18-11(15)17-9)20-19-7(21)4-6-5(13)2-1-3-16-6;12-9-8(14)10-17-7(19-20(10)11(15)18-9)4-6-5(13)2-1-3-16-6;1-8(9-11(2,3)4)10-12(5,6)7;8-5-2-1-3-9-6(5)4-7(10)11;6-4-3(7)2(1-8)10-5(9)11-4;5-2-1(7)3(6)10-4(8)9-2;5-2-1-3(6)9-4(7)8-2;1-2-5-3-4-1;;;;;;/h2-6,8H,7H2,1H3,(H2,20,23);6-8H,1-5H3;1-3H,4H2,(H,19,21)(H3,15,17,18,20);1-3H,4H2,(H2,15,18);1-7H3;1-3H,4H2,(H,10,11);1,8H2,(H2,9,10,11);(H2,8,9,10);1H,(H2,7,8,9);1-2H;4*1H4;1H;/q;;;;;;;;;-1;;;;;;+2/p-1.